The number of aliphatic hydroxyl groups is 1. The molecule has 3 nitrogen and oxygen atoms in total. The third-order valence-corrected chi connectivity index (χ3v) is 3.28. The topological polar surface area (TPSA) is 55.5 Å². The lowest BCUT2D eigenvalue weighted by atomic mass is 9.75. The Bertz CT molecular complexity index is 342. The Hall–Kier alpha value is -0.900. The summed E-state index contributed by atoms with van der Waals surface area (Å²) in [6.07, 6.45) is 0. The first kappa shape index (κ1) is 10.6. The van der Waals surface area contributed by atoms with Crippen molar-refractivity contribution < 1.29 is 9.84 Å². The lowest BCUT2D eigenvalue weighted by molar-refractivity contribution is -0.150. The van der Waals surface area contributed by atoms with Gasteiger partial charge in [0.1, 0.15) is 0 Å². The Morgan fingerprint density at radius 3 is 2.60 bits per heavy atom. The normalized spacial score (nSPS) is 20.7. The van der Waals surface area contributed by atoms with E-state index in [2.05, 4.69) is 0 Å². The molecule has 3 heteroatoms. The molecule has 0 spiro atoms. The van der Waals surface area contributed by atoms with E-state index in [1.54, 1.807) is 0 Å². The first-order chi connectivity index (χ1) is 7.19. The first-order valence-electron chi connectivity index (χ1n) is 5.19. The summed E-state index contributed by atoms with van der Waals surface area (Å²) in [6, 6.07) is 7.90. The number of aliphatic hydroxyl groups excluding tert-OH is 1. The summed E-state index contributed by atoms with van der Waals surface area (Å²) in [5, 5.41) is 9.40. The fourth-order valence-corrected chi connectivity index (χ4v) is 2.00. The molecule has 1 aromatic rings. The zero-order valence-corrected chi connectivity index (χ0v) is 8.94. The summed E-state index contributed by atoms with van der Waals surface area (Å²) >= 11 is 0. The molecule has 2 rings (SSSR count). The lowest BCUT2D eigenvalue weighted by Gasteiger charge is -2.44. The zero-order valence-electron chi connectivity index (χ0n) is 8.94. The van der Waals surface area contributed by atoms with E-state index in [9.17, 15) is 5.11 Å². The van der Waals surface area contributed by atoms with E-state index in [0.717, 1.165) is 5.56 Å². The molecule has 0 bridgehead atoms. The van der Waals surface area contributed by atoms with Gasteiger partial charge in [-0.3, -0.25) is 0 Å². The largest absolute Gasteiger partial charge is 0.396 e. The minimum atomic E-state index is -0.272. The van der Waals surface area contributed by atoms with Crippen molar-refractivity contribution in [2.45, 2.75) is 13.0 Å². The number of hydrogen-bond donors (Lipinski definition) is 2. The Morgan fingerprint density at radius 1 is 1.47 bits per heavy atom. The molecule has 82 valence electrons. The summed E-state index contributed by atoms with van der Waals surface area (Å²) in [5.41, 5.74) is 8.21. The van der Waals surface area contributed by atoms with Crippen molar-refractivity contribution in [1.29, 1.82) is 0 Å². The van der Waals surface area contributed by atoms with Gasteiger partial charge in [-0.1, -0.05) is 24.3 Å². The van der Waals surface area contributed by atoms with Gasteiger partial charge in [0.25, 0.3) is 0 Å². The number of benzene rings is 1. The maximum Gasteiger partial charge on any atom is 0.0594 e. The average molecular weight is 207 g/mol. The van der Waals surface area contributed by atoms with Crippen molar-refractivity contribution in [2.75, 3.05) is 19.8 Å². The molecule has 3 N–H and O–H groups in total. The molecule has 0 aliphatic carbocycles. The molecule has 1 aromatic carbocycles. The maximum absolute atomic E-state index is 9.40. The van der Waals surface area contributed by atoms with Gasteiger partial charge >= 0.3 is 0 Å². The summed E-state index contributed by atoms with van der Waals surface area (Å²) in [7, 11) is 0. The van der Waals surface area contributed by atoms with Crippen molar-refractivity contribution in [1.82, 2.24) is 0 Å². The van der Waals surface area contributed by atoms with Crippen LogP contribution in [0.15, 0.2) is 24.3 Å². The van der Waals surface area contributed by atoms with Gasteiger partial charge in [-0.2, -0.15) is 0 Å². The lowest BCUT2D eigenvalue weighted by Crippen LogP contribution is -2.53. The van der Waals surface area contributed by atoms with E-state index in [0.29, 0.717) is 13.2 Å². The summed E-state index contributed by atoms with van der Waals surface area (Å²) in [5.74, 6) is 0. The van der Waals surface area contributed by atoms with Crippen LogP contribution in [0.1, 0.15) is 17.2 Å². The van der Waals surface area contributed by atoms with Crippen LogP contribution < -0.4 is 5.73 Å². The Labute approximate surface area is 89.9 Å². The highest BCUT2D eigenvalue weighted by molar-refractivity contribution is 5.30. The molecule has 0 aromatic heterocycles. The van der Waals surface area contributed by atoms with Crippen LogP contribution in [0.25, 0.3) is 0 Å². The van der Waals surface area contributed by atoms with Crippen LogP contribution in [0.2, 0.25) is 0 Å². The van der Waals surface area contributed by atoms with Crippen LogP contribution in [0, 0.1) is 12.3 Å². The first-order valence-corrected chi connectivity index (χ1v) is 5.19. The average Bonchev–Trinajstić information content (AvgIpc) is 2.17. The molecule has 1 fully saturated rings. The van der Waals surface area contributed by atoms with Gasteiger partial charge in [0, 0.05) is 6.04 Å². The molecule has 0 radical (unpaired) electrons. The van der Waals surface area contributed by atoms with Crippen LogP contribution in [0.4, 0.5) is 0 Å². The van der Waals surface area contributed by atoms with E-state index in [1.807, 2.05) is 31.2 Å². The van der Waals surface area contributed by atoms with Gasteiger partial charge in [-0.15, -0.1) is 0 Å². The van der Waals surface area contributed by atoms with Gasteiger partial charge in [0.15, 0.2) is 0 Å². The van der Waals surface area contributed by atoms with E-state index in [4.69, 9.17) is 10.5 Å². The minimum Gasteiger partial charge on any atom is -0.396 e. The number of rotatable bonds is 3. The van der Waals surface area contributed by atoms with Gasteiger partial charge in [-0.05, 0) is 18.1 Å². The second-order valence-electron chi connectivity index (χ2n) is 4.35. The van der Waals surface area contributed by atoms with Crippen molar-refractivity contribution >= 4 is 0 Å². The van der Waals surface area contributed by atoms with Gasteiger partial charge in [-0.25, -0.2) is 0 Å². The standard InChI is InChI=1S/C12H17NO2/c1-9-4-2-3-5-10(9)11(13)12(6-14)7-15-8-12/h2-5,11,14H,6-8,13H2,1H3. The SMILES string of the molecule is Cc1ccccc1C(N)C1(CO)COC1. The monoisotopic (exact) mass is 207 g/mol. The molecule has 1 saturated heterocycles. The highest BCUT2D eigenvalue weighted by Gasteiger charge is 2.44. The van der Waals surface area contributed by atoms with E-state index >= 15 is 0 Å². The van der Waals surface area contributed by atoms with Crippen molar-refractivity contribution in [3.05, 3.63) is 35.4 Å². The third kappa shape index (κ3) is 1.67. The molecule has 15 heavy (non-hydrogen) atoms. The molecule has 1 unspecified atom stereocenters. The number of ether oxygens (including phenoxy) is 1. The van der Waals surface area contributed by atoms with Gasteiger partial charge < -0.3 is 15.6 Å². The van der Waals surface area contributed by atoms with E-state index in [1.165, 1.54) is 5.56 Å². The maximum atomic E-state index is 9.40. The predicted octanol–water partition coefficient (Wildman–Crippen LogP) is 1.00. The molecule has 0 saturated carbocycles. The Balaban J connectivity index is 2.27. The molecule has 1 aliphatic heterocycles. The van der Waals surface area contributed by atoms with Crippen molar-refractivity contribution in [2.24, 2.45) is 11.1 Å². The van der Waals surface area contributed by atoms with E-state index < -0.39 is 0 Å². The third-order valence-electron chi connectivity index (χ3n) is 3.28. The summed E-state index contributed by atoms with van der Waals surface area (Å²) < 4.78 is 5.17. The second kappa shape index (κ2) is 3.93. The van der Waals surface area contributed by atoms with Gasteiger partial charge in [0.2, 0.25) is 0 Å². The van der Waals surface area contributed by atoms with Crippen LogP contribution in [0.3, 0.4) is 0 Å². The number of hydrogen-bond acceptors (Lipinski definition) is 3. The fourth-order valence-electron chi connectivity index (χ4n) is 2.00. The summed E-state index contributed by atoms with van der Waals surface area (Å²) in [6.45, 7) is 3.24. The van der Waals surface area contributed by atoms with Crippen molar-refractivity contribution in [3.8, 4) is 0 Å². The second-order valence-corrected chi connectivity index (χ2v) is 4.35. The molecule has 1 aliphatic rings. The highest BCUT2D eigenvalue weighted by Crippen LogP contribution is 2.39. The molecule has 0 amide bonds. The van der Waals surface area contributed by atoms with Crippen LogP contribution in [-0.2, 0) is 4.74 Å². The van der Waals surface area contributed by atoms with E-state index in [-0.39, 0.29) is 18.1 Å². The fraction of sp³-hybridized carbons (Fsp3) is 0.500. The van der Waals surface area contributed by atoms with Crippen LogP contribution in [-0.4, -0.2) is 24.9 Å². The smallest absolute Gasteiger partial charge is 0.0594 e. The molecular formula is C12H17NO2. The summed E-state index contributed by atoms with van der Waals surface area (Å²) in [4.78, 5) is 0. The zero-order chi connectivity index (χ0) is 10.9. The van der Waals surface area contributed by atoms with Gasteiger partial charge in [0.05, 0.1) is 25.2 Å². The molecular weight excluding hydrogens is 190 g/mol. The molecule has 1 atom stereocenters. The number of nitrogens with two attached hydrogens (primary N) is 1. The van der Waals surface area contributed by atoms with Crippen LogP contribution in [0.5, 0.6) is 0 Å². The highest BCUT2D eigenvalue weighted by atomic mass is 16.5. The Kier molecular flexibility index (Phi) is 2.78. The predicted molar refractivity (Wildman–Crippen MR) is 58.4 cm³/mol. The van der Waals surface area contributed by atoms with Crippen LogP contribution >= 0.6 is 0 Å². The minimum absolute atomic E-state index is 0.0858. The Morgan fingerprint density at radius 2 is 2.13 bits per heavy atom. The molecule has 1 heterocycles. The number of aryl methyl sites for hydroxylation is 1. The quantitative estimate of drug-likeness (QED) is 0.777. The van der Waals surface area contributed by atoms with Crippen molar-refractivity contribution in [3.63, 3.8) is 0 Å².